The molecule has 106 valence electrons. The third-order valence-corrected chi connectivity index (χ3v) is 3.92. The number of carboxylic acid groups (broad SMARTS) is 1. The molecule has 1 N–H and O–H groups in total. The van der Waals surface area contributed by atoms with Crippen LogP contribution in [-0.2, 0) is 14.4 Å². The summed E-state index contributed by atoms with van der Waals surface area (Å²) >= 11 is 0. The molecule has 0 radical (unpaired) electrons. The van der Waals surface area contributed by atoms with Gasteiger partial charge in [0, 0.05) is 38.9 Å². The van der Waals surface area contributed by atoms with Gasteiger partial charge in [-0.3, -0.25) is 9.59 Å². The van der Waals surface area contributed by atoms with Crippen LogP contribution in [-0.4, -0.2) is 65.0 Å². The minimum Gasteiger partial charge on any atom is -0.479 e. The van der Waals surface area contributed by atoms with E-state index < -0.39 is 24.1 Å². The molecule has 2 atom stereocenters. The van der Waals surface area contributed by atoms with E-state index in [1.54, 1.807) is 11.9 Å². The number of likely N-dealkylation sites (tertiary alicyclic amines) is 2. The van der Waals surface area contributed by atoms with Gasteiger partial charge in [-0.2, -0.15) is 0 Å². The first-order chi connectivity index (χ1) is 8.83. The van der Waals surface area contributed by atoms with Gasteiger partial charge < -0.3 is 14.9 Å². The second-order valence-corrected chi connectivity index (χ2v) is 5.29. The monoisotopic (exact) mass is 272 g/mol. The van der Waals surface area contributed by atoms with Crippen LogP contribution in [0.25, 0.3) is 0 Å². The van der Waals surface area contributed by atoms with E-state index in [2.05, 4.69) is 0 Å². The molecule has 0 spiro atoms. The third-order valence-electron chi connectivity index (χ3n) is 3.92. The quantitative estimate of drug-likeness (QED) is 0.760. The highest BCUT2D eigenvalue weighted by atomic mass is 19.1. The Kier molecular flexibility index (Phi) is 3.47. The van der Waals surface area contributed by atoms with Gasteiger partial charge in [-0.15, -0.1) is 0 Å². The average molecular weight is 272 g/mol. The number of alkyl halides is 1. The molecule has 2 aliphatic rings. The Morgan fingerprint density at radius 1 is 1.42 bits per heavy atom. The summed E-state index contributed by atoms with van der Waals surface area (Å²) in [6.07, 6.45) is 0.483. The first kappa shape index (κ1) is 13.8. The fourth-order valence-electron chi connectivity index (χ4n) is 2.55. The van der Waals surface area contributed by atoms with Crippen LogP contribution in [0.5, 0.6) is 0 Å². The van der Waals surface area contributed by atoms with E-state index >= 15 is 0 Å². The zero-order valence-corrected chi connectivity index (χ0v) is 10.8. The number of amides is 2. The van der Waals surface area contributed by atoms with Crippen molar-refractivity contribution in [3.05, 3.63) is 0 Å². The van der Waals surface area contributed by atoms with E-state index in [0.29, 0.717) is 13.0 Å². The molecular weight excluding hydrogens is 255 g/mol. The third kappa shape index (κ3) is 2.54. The molecule has 0 aromatic rings. The van der Waals surface area contributed by atoms with Crippen LogP contribution in [0, 0.1) is 5.92 Å². The summed E-state index contributed by atoms with van der Waals surface area (Å²) in [5.74, 6) is -2.38. The summed E-state index contributed by atoms with van der Waals surface area (Å²) in [5, 5.41) is 8.79. The van der Waals surface area contributed by atoms with Crippen molar-refractivity contribution in [3.63, 3.8) is 0 Å². The van der Waals surface area contributed by atoms with Crippen molar-refractivity contribution in [1.29, 1.82) is 0 Å². The van der Waals surface area contributed by atoms with Gasteiger partial charge in [-0.25, -0.2) is 9.18 Å². The number of nitrogens with zero attached hydrogens (tertiary/aromatic N) is 2. The van der Waals surface area contributed by atoms with E-state index in [4.69, 9.17) is 5.11 Å². The Morgan fingerprint density at radius 2 is 2.11 bits per heavy atom. The van der Waals surface area contributed by atoms with Crippen LogP contribution in [0.4, 0.5) is 4.39 Å². The minimum absolute atomic E-state index is 0.0994. The molecule has 6 nitrogen and oxygen atoms in total. The molecule has 2 aliphatic heterocycles. The number of aliphatic carboxylic acids is 1. The predicted octanol–water partition coefficient (Wildman–Crippen LogP) is -0.120. The maximum absolute atomic E-state index is 13.9. The van der Waals surface area contributed by atoms with Crippen LogP contribution in [0.15, 0.2) is 0 Å². The number of piperidine rings is 1. The smallest absolute Gasteiger partial charge is 0.343 e. The molecule has 2 rings (SSSR count). The molecule has 0 aromatic heterocycles. The molecule has 2 amide bonds. The summed E-state index contributed by atoms with van der Waals surface area (Å²) in [5.41, 5.74) is -2.34. The van der Waals surface area contributed by atoms with Crippen molar-refractivity contribution >= 4 is 17.8 Å². The molecule has 2 saturated heterocycles. The molecule has 7 heteroatoms. The van der Waals surface area contributed by atoms with Crippen LogP contribution in [0.1, 0.15) is 19.3 Å². The van der Waals surface area contributed by atoms with Crippen molar-refractivity contribution in [2.24, 2.45) is 5.92 Å². The van der Waals surface area contributed by atoms with Gasteiger partial charge in [0.15, 0.2) is 0 Å². The maximum Gasteiger partial charge on any atom is 0.343 e. The number of rotatable bonds is 2. The fourth-order valence-corrected chi connectivity index (χ4v) is 2.55. The minimum atomic E-state index is -2.34. The van der Waals surface area contributed by atoms with Gasteiger partial charge in [-0.1, -0.05) is 0 Å². The summed E-state index contributed by atoms with van der Waals surface area (Å²) in [7, 11) is 1.68. The highest BCUT2D eigenvalue weighted by Crippen LogP contribution is 2.29. The number of carbonyl (C=O) groups is 3. The highest BCUT2D eigenvalue weighted by molar-refractivity contribution is 5.88. The summed E-state index contributed by atoms with van der Waals surface area (Å²) in [6.45, 7) is 0.187. The molecule has 2 unspecified atom stereocenters. The zero-order valence-electron chi connectivity index (χ0n) is 10.8. The largest absolute Gasteiger partial charge is 0.479 e. The normalized spacial score (nSPS) is 31.7. The van der Waals surface area contributed by atoms with Crippen molar-refractivity contribution in [2.75, 3.05) is 26.7 Å². The Morgan fingerprint density at radius 3 is 2.63 bits per heavy atom. The molecule has 2 heterocycles. The molecule has 0 aromatic carbocycles. The lowest BCUT2D eigenvalue weighted by Crippen LogP contribution is -2.45. The van der Waals surface area contributed by atoms with Gasteiger partial charge in [0.25, 0.3) is 0 Å². The molecule has 0 bridgehead atoms. The number of hydrogen-bond donors (Lipinski definition) is 1. The van der Waals surface area contributed by atoms with E-state index in [9.17, 15) is 18.8 Å². The van der Waals surface area contributed by atoms with Crippen LogP contribution < -0.4 is 0 Å². The fraction of sp³-hybridized carbons (Fsp3) is 0.750. The van der Waals surface area contributed by atoms with Crippen molar-refractivity contribution < 1.29 is 23.9 Å². The number of carboxylic acids is 1. The topological polar surface area (TPSA) is 77.9 Å². The van der Waals surface area contributed by atoms with Crippen LogP contribution in [0.3, 0.4) is 0 Å². The van der Waals surface area contributed by atoms with Crippen LogP contribution >= 0.6 is 0 Å². The lowest BCUT2D eigenvalue weighted by molar-refractivity contribution is -0.151. The number of hydrogen-bond acceptors (Lipinski definition) is 3. The summed E-state index contributed by atoms with van der Waals surface area (Å²) in [6, 6.07) is 0. The zero-order chi connectivity index (χ0) is 14.2. The lowest BCUT2D eigenvalue weighted by atomic mass is 9.95. The second-order valence-electron chi connectivity index (χ2n) is 5.29. The molecule has 2 fully saturated rings. The Labute approximate surface area is 110 Å². The predicted molar refractivity (Wildman–Crippen MR) is 63.0 cm³/mol. The number of carbonyl (C=O) groups excluding carboxylic acids is 2. The Balaban J connectivity index is 1.98. The van der Waals surface area contributed by atoms with Gasteiger partial charge in [0.1, 0.15) is 0 Å². The molecule has 19 heavy (non-hydrogen) atoms. The van der Waals surface area contributed by atoms with Crippen molar-refractivity contribution in [1.82, 2.24) is 9.80 Å². The maximum atomic E-state index is 13.9. The van der Waals surface area contributed by atoms with E-state index in [-0.39, 0.29) is 31.2 Å². The Hall–Kier alpha value is -1.66. The van der Waals surface area contributed by atoms with E-state index in [0.717, 1.165) is 0 Å². The summed E-state index contributed by atoms with van der Waals surface area (Å²) in [4.78, 5) is 37.3. The second kappa shape index (κ2) is 4.79. The van der Waals surface area contributed by atoms with Crippen molar-refractivity contribution in [3.8, 4) is 0 Å². The van der Waals surface area contributed by atoms with Gasteiger partial charge >= 0.3 is 5.97 Å². The average Bonchev–Trinajstić information content (AvgIpc) is 2.76. The molecular formula is C12H17FN2O4. The SMILES string of the molecule is CN1CCC(C(=O)N2CCC(F)(C(=O)O)C2)CC1=O. The summed E-state index contributed by atoms with van der Waals surface area (Å²) < 4.78 is 13.9. The van der Waals surface area contributed by atoms with Gasteiger partial charge in [-0.05, 0) is 6.42 Å². The highest BCUT2D eigenvalue weighted by Gasteiger charge is 2.48. The van der Waals surface area contributed by atoms with Crippen molar-refractivity contribution in [2.45, 2.75) is 24.9 Å². The van der Waals surface area contributed by atoms with E-state index in [1.807, 2.05) is 0 Å². The van der Waals surface area contributed by atoms with Gasteiger partial charge in [0.2, 0.25) is 17.5 Å². The molecule has 0 aliphatic carbocycles. The standard InChI is InChI=1S/C12H17FN2O4/c1-14-4-2-8(6-9(14)16)10(17)15-5-3-12(13,7-15)11(18)19/h8H,2-7H2,1H3,(H,18,19). The van der Waals surface area contributed by atoms with Crippen LogP contribution in [0.2, 0.25) is 0 Å². The number of halogens is 1. The lowest BCUT2D eigenvalue weighted by Gasteiger charge is -2.30. The molecule has 0 saturated carbocycles. The van der Waals surface area contributed by atoms with E-state index in [1.165, 1.54) is 4.90 Å². The Bertz CT molecular complexity index is 428. The van der Waals surface area contributed by atoms with Gasteiger partial charge in [0.05, 0.1) is 6.54 Å². The first-order valence-corrected chi connectivity index (χ1v) is 6.28. The first-order valence-electron chi connectivity index (χ1n) is 6.28.